The summed E-state index contributed by atoms with van der Waals surface area (Å²) in [6, 6.07) is 21.5. The van der Waals surface area contributed by atoms with Crippen LogP contribution in [0.25, 0.3) is 0 Å². The summed E-state index contributed by atoms with van der Waals surface area (Å²) in [6.07, 6.45) is 0.570. The number of nitrogens with zero attached hydrogens (tertiary/aromatic N) is 1. The number of nitrogens with one attached hydrogen (secondary N) is 1. The number of amides is 1. The maximum Gasteiger partial charge on any atom is 0.264 e. The lowest BCUT2D eigenvalue weighted by molar-refractivity contribution is 0.0951. The minimum Gasteiger partial charge on any atom is -0.348 e. The first-order valence-electron chi connectivity index (χ1n) is 9.92. The molecule has 0 aromatic heterocycles. The van der Waals surface area contributed by atoms with Crippen molar-refractivity contribution in [3.05, 3.63) is 95.1 Å². The molecule has 1 atom stereocenters. The van der Waals surface area contributed by atoms with Gasteiger partial charge in [-0.2, -0.15) is 0 Å². The Kier molecular flexibility index (Phi) is 5.35. The van der Waals surface area contributed by atoms with Gasteiger partial charge in [-0.05, 0) is 61.7 Å². The van der Waals surface area contributed by atoms with Crippen LogP contribution in [-0.4, -0.2) is 20.4 Å². The van der Waals surface area contributed by atoms with Gasteiger partial charge in [0.25, 0.3) is 15.9 Å². The fraction of sp³-hybridized carbons (Fsp3) is 0.208. The highest BCUT2D eigenvalue weighted by molar-refractivity contribution is 7.92. The number of aryl methyl sites for hydroxylation is 1. The summed E-state index contributed by atoms with van der Waals surface area (Å²) in [4.78, 5) is 12.9. The average Bonchev–Trinajstić information content (AvgIpc) is 3.09. The molecule has 1 aliphatic rings. The molecular formula is C24H24N2O3S. The Balaban J connectivity index is 1.55. The van der Waals surface area contributed by atoms with Crippen LogP contribution in [-0.2, 0) is 23.0 Å². The Bertz CT molecular complexity index is 1170. The van der Waals surface area contributed by atoms with E-state index < -0.39 is 10.0 Å². The highest BCUT2D eigenvalue weighted by atomic mass is 32.2. The van der Waals surface area contributed by atoms with E-state index in [2.05, 4.69) is 5.32 Å². The molecule has 4 rings (SSSR count). The fourth-order valence-corrected chi connectivity index (χ4v) is 5.52. The van der Waals surface area contributed by atoms with Crippen LogP contribution in [0.15, 0.2) is 77.7 Å². The molecule has 6 heteroatoms. The molecule has 154 valence electrons. The number of fused-ring (bicyclic) bond motifs is 1. The number of rotatable bonds is 5. The Morgan fingerprint density at radius 1 is 1.03 bits per heavy atom. The zero-order valence-electron chi connectivity index (χ0n) is 17.0. The minimum atomic E-state index is -3.65. The zero-order valence-corrected chi connectivity index (χ0v) is 17.8. The number of hydrogen-bond donors (Lipinski definition) is 1. The molecule has 1 heterocycles. The monoisotopic (exact) mass is 420 g/mol. The van der Waals surface area contributed by atoms with Crippen molar-refractivity contribution in [2.45, 2.75) is 37.8 Å². The van der Waals surface area contributed by atoms with Crippen LogP contribution < -0.4 is 9.62 Å². The van der Waals surface area contributed by atoms with Crippen molar-refractivity contribution in [1.29, 1.82) is 0 Å². The van der Waals surface area contributed by atoms with Gasteiger partial charge in [0.05, 0.1) is 10.6 Å². The van der Waals surface area contributed by atoms with Crippen molar-refractivity contribution >= 4 is 21.6 Å². The van der Waals surface area contributed by atoms with Gasteiger partial charge < -0.3 is 5.32 Å². The number of sulfonamides is 1. The lowest BCUT2D eigenvalue weighted by Gasteiger charge is -2.24. The van der Waals surface area contributed by atoms with Crippen LogP contribution in [0.1, 0.15) is 34.0 Å². The van der Waals surface area contributed by atoms with Crippen LogP contribution in [0.5, 0.6) is 0 Å². The lowest BCUT2D eigenvalue weighted by atomic mass is 10.1. The van der Waals surface area contributed by atoms with Gasteiger partial charge >= 0.3 is 0 Å². The van der Waals surface area contributed by atoms with E-state index in [4.69, 9.17) is 0 Å². The Labute approximate surface area is 177 Å². The first-order chi connectivity index (χ1) is 14.4. The highest BCUT2D eigenvalue weighted by Gasteiger charge is 2.36. The quantitative estimate of drug-likeness (QED) is 0.677. The van der Waals surface area contributed by atoms with E-state index in [1.54, 1.807) is 48.5 Å². The molecule has 30 heavy (non-hydrogen) atoms. The van der Waals surface area contributed by atoms with Crippen LogP contribution in [0, 0.1) is 6.92 Å². The predicted molar refractivity (Wildman–Crippen MR) is 118 cm³/mol. The molecule has 0 fully saturated rings. The summed E-state index contributed by atoms with van der Waals surface area (Å²) < 4.78 is 27.8. The number of carbonyl (C=O) groups is 1. The molecule has 1 amide bonds. The predicted octanol–water partition coefficient (Wildman–Crippen LogP) is 4.06. The van der Waals surface area contributed by atoms with Gasteiger partial charge in [-0.3, -0.25) is 9.10 Å². The van der Waals surface area contributed by atoms with Gasteiger partial charge in [0.15, 0.2) is 0 Å². The van der Waals surface area contributed by atoms with E-state index >= 15 is 0 Å². The van der Waals surface area contributed by atoms with Crippen molar-refractivity contribution in [3.63, 3.8) is 0 Å². The van der Waals surface area contributed by atoms with Crippen LogP contribution in [0.2, 0.25) is 0 Å². The molecule has 0 saturated heterocycles. The van der Waals surface area contributed by atoms with Crippen LogP contribution >= 0.6 is 0 Å². The maximum absolute atomic E-state index is 13.2. The zero-order chi connectivity index (χ0) is 21.3. The number of benzene rings is 3. The van der Waals surface area contributed by atoms with Gasteiger partial charge in [0.2, 0.25) is 0 Å². The minimum absolute atomic E-state index is 0.171. The second kappa shape index (κ2) is 7.95. The van der Waals surface area contributed by atoms with Crippen molar-refractivity contribution in [1.82, 2.24) is 5.32 Å². The third-order valence-corrected chi connectivity index (χ3v) is 7.31. The van der Waals surface area contributed by atoms with E-state index in [0.717, 1.165) is 11.1 Å². The van der Waals surface area contributed by atoms with Gasteiger partial charge in [-0.25, -0.2) is 8.42 Å². The second-order valence-corrected chi connectivity index (χ2v) is 9.49. The largest absolute Gasteiger partial charge is 0.348 e. The number of anilines is 1. The van der Waals surface area contributed by atoms with Crippen molar-refractivity contribution in [3.8, 4) is 0 Å². The summed E-state index contributed by atoms with van der Waals surface area (Å²) in [5, 5.41) is 2.93. The molecule has 0 radical (unpaired) electrons. The van der Waals surface area contributed by atoms with Gasteiger partial charge in [-0.1, -0.05) is 48.0 Å². The van der Waals surface area contributed by atoms with Gasteiger partial charge in [0.1, 0.15) is 0 Å². The van der Waals surface area contributed by atoms with E-state index in [0.29, 0.717) is 24.2 Å². The molecule has 0 spiro atoms. The van der Waals surface area contributed by atoms with E-state index in [1.165, 1.54) is 9.87 Å². The van der Waals surface area contributed by atoms with Crippen molar-refractivity contribution < 1.29 is 13.2 Å². The topological polar surface area (TPSA) is 66.5 Å². The summed E-state index contributed by atoms with van der Waals surface area (Å²) in [5.41, 5.74) is 4.25. The standard InChI is InChI=1S/C24H24N2O3S/c1-17-8-10-19(11-9-17)16-25-24(27)20-12-13-23-21(15-20)14-18(2)26(23)30(28,29)22-6-4-3-5-7-22/h3-13,15,18H,14,16H2,1-2H3,(H,25,27)/t18-/m0/s1. The molecule has 0 saturated carbocycles. The molecular weight excluding hydrogens is 396 g/mol. The van der Waals surface area contributed by atoms with E-state index in [9.17, 15) is 13.2 Å². The Morgan fingerprint density at radius 3 is 2.43 bits per heavy atom. The molecule has 0 aliphatic carbocycles. The fourth-order valence-electron chi connectivity index (χ4n) is 3.81. The summed E-state index contributed by atoms with van der Waals surface area (Å²) >= 11 is 0. The third-order valence-electron chi connectivity index (χ3n) is 5.37. The first kappa shape index (κ1) is 20.2. The Morgan fingerprint density at radius 2 is 1.73 bits per heavy atom. The summed E-state index contributed by atoms with van der Waals surface area (Å²) in [6.45, 7) is 4.36. The van der Waals surface area contributed by atoms with E-state index in [-0.39, 0.29) is 16.8 Å². The lowest BCUT2D eigenvalue weighted by Crippen LogP contribution is -2.35. The maximum atomic E-state index is 13.2. The second-order valence-electron chi connectivity index (χ2n) is 7.68. The molecule has 3 aromatic rings. The van der Waals surface area contributed by atoms with Gasteiger partial charge in [0, 0.05) is 18.2 Å². The van der Waals surface area contributed by atoms with Gasteiger partial charge in [-0.15, -0.1) is 0 Å². The summed E-state index contributed by atoms with van der Waals surface area (Å²) in [5.74, 6) is -0.171. The van der Waals surface area contributed by atoms with Crippen molar-refractivity contribution in [2.24, 2.45) is 0 Å². The van der Waals surface area contributed by atoms with Crippen molar-refractivity contribution in [2.75, 3.05) is 4.31 Å². The molecule has 3 aromatic carbocycles. The molecule has 0 unspecified atom stereocenters. The average molecular weight is 421 g/mol. The molecule has 5 nitrogen and oxygen atoms in total. The number of carbonyl (C=O) groups excluding carboxylic acids is 1. The number of hydrogen-bond acceptors (Lipinski definition) is 3. The molecule has 0 bridgehead atoms. The smallest absolute Gasteiger partial charge is 0.264 e. The normalized spacial score (nSPS) is 15.7. The summed E-state index contributed by atoms with van der Waals surface area (Å²) in [7, 11) is -3.65. The third kappa shape index (κ3) is 3.83. The van der Waals surface area contributed by atoms with E-state index in [1.807, 2.05) is 38.1 Å². The molecule has 1 N–H and O–H groups in total. The van der Waals surface area contributed by atoms with Crippen LogP contribution in [0.4, 0.5) is 5.69 Å². The highest BCUT2D eigenvalue weighted by Crippen LogP contribution is 2.37. The first-order valence-corrected chi connectivity index (χ1v) is 11.4. The van der Waals surface area contributed by atoms with Crippen LogP contribution in [0.3, 0.4) is 0 Å². The Hall–Kier alpha value is -3.12. The SMILES string of the molecule is Cc1ccc(CNC(=O)c2ccc3c(c2)C[C@H](C)N3S(=O)(=O)c2ccccc2)cc1. The molecule has 1 aliphatic heterocycles.